The topological polar surface area (TPSA) is 33.7 Å². The highest BCUT2D eigenvalue weighted by molar-refractivity contribution is 5.43. The molecule has 2 aliphatic rings. The maximum Gasteiger partial charge on any atom is 0.161 e. The summed E-state index contributed by atoms with van der Waals surface area (Å²) in [6.45, 7) is 5.91. The maximum atomic E-state index is 5.66. The van der Waals surface area contributed by atoms with Crippen LogP contribution in [-0.2, 0) is 6.54 Å². The van der Waals surface area contributed by atoms with Gasteiger partial charge in [-0.25, -0.2) is 0 Å². The van der Waals surface area contributed by atoms with Gasteiger partial charge < -0.3 is 14.8 Å². The SMILES string of the molecule is CNCCC1CCN(Cc2ccc3c(c2)OCCO3)CC1. The van der Waals surface area contributed by atoms with E-state index >= 15 is 0 Å². The number of nitrogens with zero attached hydrogens (tertiary/aromatic N) is 1. The second-order valence-electron chi connectivity index (χ2n) is 6.09. The number of rotatable bonds is 5. The summed E-state index contributed by atoms with van der Waals surface area (Å²) in [5.74, 6) is 2.69. The maximum absolute atomic E-state index is 5.66. The normalized spacial score (nSPS) is 19.7. The van der Waals surface area contributed by atoms with Gasteiger partial charge in [0.15, 0.2) is 11.5 Å². The summed E-state index contributed by atoms with van der Waals surface area (Å²) < 4.78 is 11.2. The lowest BCUT2D eigenvalue weighted by atomic mass is 9.93. The van der Waals surface area contributed by atoms with E-state index < -0.39 is 0 Å². The summed E-state index contributed by atoms with van der Waals surface area (Å²) in [4.78, 5) is 2.56. The molecule has 116 valence electrons. The number of fused-ring (bicyclic) bond motifs is 1. The second kappa shape index (κ2) is 7.14. The summed E-state index contributed by atoms with van der Waals surface area (Å²) in [7, 11) is 2.04. The van der Waals surface area contributed by atoms with E-state index in [4.69, 9.17) is 9.47 Å². The first-order valence-electron chi connectivity index (χ1n) is 8.10. The first kappa shape index (κ1) is 14.7. The fourth-order valence-electron chi connectivity index (χ4n) is 3.23. The standard InChI is InChI=1S/C17H26N2O2/c1-18-7-4-14-5-8-19(9-6-14)13-15-2-3-16-17(12-15)21-11-10-20-16/h2-3,12,14,18H,4-11,13H2,1H3. The van der Waals surface area contributed by atoms with Gasteiger partial charge in [-0.2, -0.15) is 0 Å². The molecule has 0 spiro atoms. The summed E-state index contributed by atoms with van der Waals surface area (Å²) in [5, 5.41) is 3.26. The largest absolute Gasteiger partial charge is 0.486 e. The molecule has 21 heavy (non-hydrogen) atoms. The van der Waals surface area contributed by atoms with E-state index in [9.17, 15) is 0 Å². The second-order valence-corrected chi connectivity index (χ2v) is 6.09. The number of hydrogen-bond donors (Lipinski definition) is 1. The van der Waals surface area contributed by atoms with Gasteiger partial charge in [-0.05, 0) is 69.6 Å². The van der Waals surface area contributed by atoms with Gasteiger partial charge in [-0.1, -0.05) is 6.07 Å². The van der Waals surface area contributed by atoms with E-state index in [1.807, 2.05) is 13.1 Å². The van der Waals surface area contributed by atoms with Crippen molar-refractivity contribution in [1.29, 1.82) is 0 Å². The van der Waals surface area contributed by atoms with Crippen LogP contribution in [0.3, 0.4) is 0 Å². The van der Waals surface area contributed by atoms with Crippen molar-refractivity contribution in [3.63, 3.8) is 0 Å². The first-order valence-corrected chi connectivity index (χ1v) is 8.10. The molecule has 1 saturated heterocycles. The molecule has 2 aliphatic heterocycles. The van der Waals surface area contributed by atoms with E-state index in [0.717, 1.165) is 30.5 Å². The predicted molar refractivity (Wildman–Crippen MR) is 84.0 cm³/mol. The Hall–Kier alpha value is -1.26. The van der Waals surface area contributed by atoms with Gasteiger partial charge in [-0.15, -0.1) is 0 Å². The van der Waals surface area contributed by atoms with Crippen LogP contribution in [0.2, 0.25) is 0 Å². The molecule has 2 heterocycles. The lowest BCUT2D eigenvalue weighted by molar-refractivity contribution is 0.166. The molecule has 1 aromatic carbocycles. The number of likely N-dealkylation sites (tertiary alicyclic amines) is 1. The van der Waals surface area contributed by atoms with Crippen molar-refractivity contribution >= 4 is 0 Å². The van der Waals surface area contributed by atoms with Crippen LogP contribution < -0.4 is 14.8 Å². The number of piperidine rings is 1. The molecule has 4 heteroatoms. The quantitative estimate of drug-likeness (QED) is 0.902. The Morgan fingerprint density at radius 1 is 1.14 bits per heavy atom. The van der Waals surface area contributed by atoms with Gasteiger partial charge in [0.2, 0.25) is 0 Å². The molecule has 0 aliphatic carbocycles. The van der Waals surface area contributed by atoms with Crippen molar-refractivity contribution in [1.82, 2.24) is 10.2 Å². The lowest BCUT2D eigenvalue weighted by Crippen LogP contribution is -2.34. The fourth-order valence-corrected chi connectivity index (χ4v) is 3.23. The average Bonchev–Trinajstić information content (AvgIpc) is 2.54. The van der Waals surface area contributed by atoms with Crippen molar-refractivity contribution in [2.45, 2.75) is 25.8 Å². The van der Waals surface area contributed by atoms with Gasteiger partial charge >= 0.3 is 0 Å². The minimum atomic E-state index is 0.659. The third-order valence-electron chi connectivity index (χ3n) is 4.52. The molecule has 1 N–H and O–H groups in total. The minimum Gasteiger partial charge on any atom is -0.486 e. The molecule has 0 saturated carbocycles. The molecule has 0 radical (unpaired) electrons. The van der Waals surface area contributed by atoms with Crippen LogP contribution in [0, 0.1) is 5.92 Å². The molecule has 0 aromatic heterocycles. The highest BCUT2D eigenvalue weighted by Gasteiger charge is 2.19. The highest BCUT2D eigenvalue weighted by atomic mass is 16.6. The van der Waals surface area contributed by atoms with Gasteiger partial charge in [-0.3, -0.25) is 4.90 Å². The summed E-state index contributed by atoms with van der Waals surface area (Å²) >= 11 is 0. The average molecular weight is 290 g/mol. The van der Waals surface area contributed by atoms with Gasteiger partial charge in [0, 0.05) is 6.54 Å². The predicted octanol–water partition coefficient (Wildman–Crippen LogP) is 2.28. The molecule has 0 atom stereocenters. The van der Waals surface area contributed by atoms with Crippen molar-refractivity contribution in [3.8, 4) is 11.5 Å². The zero-order valence-corrected chi connectivity index (χ0v) is 12.9. The van der Waals surface area contributed by atoms with Gasteiger partial charge in [0.1, 0.15) is 13.2 Å². The van der Waals surface area contributed by atoms with Crippen molar-refractivity contribution < 1.29 is 9.47 Å². The third-order valence-corrected chi connectivity index (χ3v) is 4.52. The molecular weight excluding hydrogens is 264 g/mol. The van der Waals surface area contributed by atoms with Gasteiger partial charge in [0.05, 0.1) is 0 Å². The van der Waals surface area contributed by atoms with E-state index in [1.54, 1.807) is 0 Å². The summed E-state index contributed by atoms with van der Waals surface area (Å²) in [6.07, 6.45) is 3.97. The van der Waals surface area contributed by atoms with Crippen LogP contribution in [0.15, 0.2) is 18.2 Å². The molecular formula is C17H26N2O2. The Labute approximate surface area is 127 Å². The van der Waals surface area contributed by atoms with Crippen molar-refractivity contribution in [3.05, 3.63) is 23.8 Å². The third kappa shape index (κ3) is 3.89. The Bertz CT molecular complexity index is 456. The minimum absolute atomic E-state index is 0.659. The lowest BCUT2D eigenvalue weighted by Gasteiger charge is -2.32. The highest BCUT2D eigenvalue weighted by Crippen LogP contribution is 2.31. The van der Waals surface area contributed by atoms with Gasteiger partial charge in [0.25, 0.3) is 0 Å². The van der Waals surface area contributed by atoms with Crippen LogP contribution in [0.1, 0.15) is 24.8 Å². The molecule has 0 bridgehead atoms. The smallest absolute Gasteiger partial charge is 0.161 e. The number of ether oxygens (including phenoxy) is 2. The first-order chi connectivity index (χ1) is 10.3. The van der Waals surface area contributed by atoms with E-state index in [2.05, 4.69) is 22.3 Å². The molecule has 3 rings (SSSR count). The number of hydrogen-bond acceptors (Lipinski definition) is 4. The molecule has 1 fully saturated rings. The van der Waals surface area contributed by atoms with Crippen LogP contribution >= 0.6 is 0 Å². The number of benzene rings is 1. The fraction of sp³-hybridized carbons (Fsp3) is 0.647. The molecule has 0 unspecified atom stereocenters. The molecule has 0 amide bonds. The Morgan fingerprint density at radius 3 is 2.67 bits per heavy atom. The van der Waals surface area contributed by atoms with Crippen LogP contribution in [-0.4, -0.2) is 44.8 Å². The van der Waals surface area contributed by atoms with Crippen LogP contribution in [0.25, 0.3) is 0 Å². The van der Waals surface area contributed by atoms with Crippen LogP contribution in [0.4, 0.5) is 0 Å². The van der Waals surface area contributed by atoms with Crippen molar-refractivity contribution in [2.75, 3.05) is 39.9 Å². The monoisotopic (exact) mass is 290 g/mol. The van der Waals surface area contributed by atoms with E-state index in [1.165, 1.54) is 37.9 Å². The number of nitrogens with one attached hydrogen (secondary N) is 1. The summed E-state index contributed by atoms with van der Waals surface area (Å²) in [5.41, 5.74) is 1.33. The van der Waals surface area contributed by atoms with Crippen LogP contribution in [0.5, 0.6) is 11.5 Å². The Balaban J connectivity index is 1.51. The van der Waals surface area contributed by atoms with E-state index in [0.29, 0.717) is 13.2 Å². The Morgan fingerprint density at radius 2 is 1.90 bits per heavy atom. The zero-order chi connectivity index (χ0) is 14.5. The summed E-state index contributed by atoms with van der Waals surface area (Å²) in [6, 6.07) is 6.35. The molecule has 4 nitrogen and oxygen atoms in total. The Kier molecular flexibility index (Phi) is 4.99. The molecule has 1 aromatic rings. The van der Waals surface area contributed by atoms with E-state index in [-0.39, 0.29) is 0 Å². The van der Waals surface area contributed by atoms with Crippen molar-refractivity contribution in [2.24, 2.45) is 5.92 Å². The zero-order valence-electron chi connectivity index (χ0n) is 12.9.